The lowest BCUT2D eigenvalue weighted by Gasteiger charge is -2.35. The summed E-state index contributed by atoms with van der Waals surface area (Å²) in [6.07, 6.45) is 0. The van der Waals surface area contributed by atoms with Crippen molar-refractivity contribution in [3.63, 3.8) is 0 Å². The van der Waals surface area contributed by atoms with Crippen LogP contribution in [-0.2, 0) is 10.8 Å². The Hall–Kier alpha value is -5.00. The van der Waals surface area contributed by atoms with Crippen molar-refractivity contribution in [2.24, 2.45) is 0 Å². The highest BCUT2D eigenvalue weighted by Crippen LogP contribution is 2.48. The Kier molecular flexibility index (Phi) is 6.60. The van der Waals surface area contributed by atoms with Crippen molar-refractivity contribution in [2.45, 2.75) is 52.4 Å². The fourth-order valence-corrected chi connectivity index (χ4v) is 8.64. The number of anilines is 3. The van der Waals surface area contributed by atoms with Crippen molar-refractivity contribution in [1.82, 2.24) is 0 Å². The monoisotopic (exact) mass is 655 g/mol. The van der Waals surface area contributed by atoms with Gasteiger partial charge < -0.3 is 14.4 Å². The third-order valence-corrected chi connectivity index (χ3v) is 11.3. The van der Waals surface area contributed by atoms with E-state index >= 15 is 0 Å². The lowest BCUT2D eigenvalue weighted by molar-refractivity contribution is 0.468. The number of thiophene rings is 1. The van der Waals surface area contributed by atoms with Crippen LogP contribution >= 0.6 is 11.3 Å². The van der Waals surface area contributed by atoms with Crippen molar-refractivity contribution < 1.29 is 9.47 Å². The van der Waals surface area contributed by atoms with E-state index in [-0.39, 0.29) is 17.5 Å². The molecule has 240 valence electrons. The molecule has 7 aromatic rings. The third-order valence-electron chi connectivity index (χ3n) is 10.1. The van der Waals surface area contributed by atoms with Gasteiger partial charge in [-0.3, -0.25) is 0 Å². The van der Waals surface area contributed by atoms with E-state index in [1.165, 1.54) is 32.1 Å². The summed E-state index contributed by atoms with van der Waals surface area (Å²) in [5, 5.41) is 2.37. The first-order valence-electron chi connectivity index (χ1n) is 17.1. The molecule has 0 radical (unpaired) electrons. The zero-order chi connectivity index (χ0) is 33.7. The Morgan fingerprint density at radius 3 is 1.67 bits per heavy atom. The summed E-state index contributed by atoms with van der Waals surface area (Å²) in [6.45, 7) is 13.7. The Morgan fingerprint density at radius 2 is 1.10 bits per heavy atom. The van der Waals surface area contributed by atoms with Gasteiger partial charge in [-0.1, -0.05) is 108 Å². The fraction of sp³-hybridized carbons (Fsp3) is 0.182. The van der Waals surface area contributed by atoms with Gasteiger partial charge in [0.1, 0.15) is 23.0 Å². The van der Waals surface area contributed by atoms with E-state index in [0.29, 0.717) is 0 Å². The minimum Gasteiger partial charge on any atom is -0.458 e. The van der Waals surface area contributed by atoms with Crippen molar-refractivity contribution >= 4 is 71.7 Å². The van der Waals surface area contributed by atoms with Crippen LogP contribution in [0.4, 0.5) is 17.1 Å². The van der Waals surface area contributed by atoms with Gasteiger partial charge in [-0.2, -0.15) is 0 Å². The number of para-hydroxylation sites is 2. The quantitative estimate of drug-likeness (QED) is 0.177. The molecule has 9 rings (SSSR count). The van der Waals surface area contributed by atoms with Crippen molar-refractivity contribution in [3.8, 4) is 23.0 Å². The van der Waals surface area contributed by atoms with Gasteiger partial charge >= 0.3 is 0 Å². The number of fused-ring (bicyclic) bond motifs is 8. The zero-order valence-corrected chi connectivity index (χ0v) is 29.6. The summed E-state index contributed by atoms with van der Waals surface area (Å²) in [4.78, 5) is 2.32. The fourth-order valence-electron chi connectivity index (χ4n) is 7.43. The zero-order valence-electron chi connectivity index (χ0n) is 28.8. The first kappa shape index (κ1) is 30.1. The van der Waals surface area contributed by atoms with Crippen LogP contribution < -0.4 is 30.8 Å². The highest BCUT2D eigenvalue weighted by molar-refractivity contribution is 7.26. The third kappa shape index (κ3) is 4.86. The van der Waals surface area contributed by atoms with Crippen LogP contribution in [0, 0.1) is 0 Å². The molecule has 0 N–H and O–H groups in total. The van der Waals surface area contributed by atoms with E-state index in [2.05, 4.69) is 168 Å². The number of hydrogen-bond acceptors (Lipinski definition) is 4. The maximum Gasteiger partial charge on any atom is 0.260 e. The lowest BCUT2D eigenvalue weighted by atomic mass is 9.34. The number of benzene rings is 6. The smallest absolute Gasteiger partial charge is 0.260 e. The summed E-state index contributed by atoms with van der Waals surface area (Å²) in [6, 6.07) is 43.8. The van der Waals surface area contributed by atoms with E-state index < -0.39 is 0 Å². The molecule has 2 aliphatic heterocycles. The largest absolute Gasteiger partial charge is 0.458 e. The molecule has 0 fully saturated rings. The van der Waals surface area contributed by atoms with Crippen molar-refractivity contribution in [1.29, 1.82) is 0 Å². The molecule has 0 spiro atoms. The predicted octanol–water partition coefficient (Wildman–Crippen LogP) is 10.8. The standard InChI is InChI=1S/C44H38BNO2S/c1-43(2,3)27-17-21-36-34(23-27)45-35-24-28(44(4,5)6)18-22-37(35)48-41-40(45)38(47-36)26-33-32-20-19-31(25-39(32)49-42(33)41)46(29-13-9-7-10-14-29)30-15-11-8-12-16-30/h7-26H,1-6H3. The van der Waals surface area contributed by atoms with Gasteiger partial charge in [0.2, 0.25) is 0 Å². The summed E-state index contributed by atoms with van der Waals surface area (Å²) in [5.74, 6) is 3.66. The molecule has 0 bridgehead atoms. The van der Waals surface area contributed by atoms with Crippen LogP contribution in [-0.4, -0.2) is 6.71 Å². The average molecular weight is 656 g/mol. The molecule has 0 atom stereocenters. The van der Waals surface area contributed by atoms with E-state index in [1.807, 2.05) is 11.3 Å². The molecule has 0 aliphatic carbocycles. The first-order chi connectivity index (χ1) is 23.5. The summed E-state index contributed by atoms with van der Waals surface area (Å²) >= 11 is 1.81. The first-order valence-corrected chi connectivity index (χ1v) is 17.9. The highest BCUT2D eigenvalue weighted by Gasteiger charge is 2.42. The number of ether oxygens (including phenoxy) is 2. The van der Waals surface area contributed by atoms with E-state index in [4.69, 9.17) is 9.47 Å². The molecule has 0 unspecified atom stereocenters. The van der Waals surface area contributed by atoms with E-state index in [9.17, 15) is 0 Å². The second kappa shape index (κ2) is 10.8. The minimum absolute atomic E-state index is 0.0129. The topological polar surface area (TPSA) is 21.7 Å². The van der Waals surface area contributed by atoms with Gasteiger partial charge in [0.15, 0.2) is 0 Å². The molecule has 6 aromatic carbocycles. The second-order valence-corrected chi connectivity index (χ2v) is 16.5. The Morgan fingerprint density at radius 1 is 0.531 bits per heavy atom. The molecule has 1 aromatic heterocycles. The van der Waals surface area contributed by atoms with Gasteiger partial charge in [-0.25, -0.2) is 0 Å². The minimum atomic E-state index is 0.0129. The molecular weight excluding hydrogens is 617 g/mol. The predicted molar refractivity (Wildman–Crippen MR) is 209 cm³/mol. The normalized spacial score (nSPS) is 13.4. The molecular formula is C44H38BNO2S. The molecule has 0 saturated carbocycles. The molecule has 3 nitrogen and oxygen atoms in total. The maximum absolute atomic E-state index is 6.98. The summed E-state index contributed by atoms with van der Waals surface area (Å²) in [7, 11) is 0. The molecule has 5 heteroatoms. The van der Waals surface area contributed by atoms with E-state index in [1.54, 1.807) is 0 Å². The molecule has 0 amide bonds. The van der Waals surface area contributed by atoms with Crippen LogP contribution in [0.2, 0.25) is 0 Å². The maximum atomic E-state index is 6.98. The number of hydrogen-bond donors (Lipinski definition) is 0. The van der Waals surface area contributed by atoms with Crippen LogP contribution in [0.25, 0.3) is 20.2 Å². The van der Waals surface area contributed by atoms with Crippen molar-refractivity contribution in [2.75, 3.05) is 4.90 Å². The van der Waals surface area contributed by atoms with Crippen LogP contribution in [0.3, 0.4) is 0 Å². The van der Waals surface area contributed by atoms with Gasteiger partial charge in [0.05, 0.1) is 4.70 Å². The average Bonchev–Trinajstić information content (AvgIpc) is 3.46. The number of rotatable bonds is 3. The molecule has 2 aliphatic rings. The SMILES string of the molecule is CC(C)(C)c1ccc2c(c1)B1c3cc(C(C)(C)C)ccc3Oc3c1c(cc1c3sc3cc(N(c4ccccc4)c4ccccc4)ccc31)O2. The molecule has 49 heavy (non-hydrogen) atoms. The van der Waals surface area contributed by atoms with Crippen LogP contribution in [0.1, 0.15) is 52.7 Å². The molecule has 0 saturated heterocycles. The lowest BCUT2D eigenvalue weighted by Crippen LogP contribution is -2.57. The Labute approximate surface area is 292 Å². The van der Waals surface area contributed by atoms with Gasteiger partial charge in [-0.15, -0.1) is 11.3 Å². The van der Waals surface area contributed by atoms with Crippen molar-refractivity contribution in [3.05, 3.63) is 132 Å². The number of nitrogens with zero attached hydrogens (tertiary/aromatic N) is 1. The highest BCUT2D eigenvalue weighted by atomic mass is 32.1. The van der Waals surface area contributed by atoms with Gasteiger partial charge in [0.25, 0.3) is 6.71 Å². The van der Waals surface area contributed by atoms with Crippen LogP contribution in [0.15, 0.2) is 121 Å². The Bertz CT molecular complexity index is 2350. The van der Waals surface area contributed by atoms with Gasteiger partial charge in [-0.05, 0) is 87.5 Å². The van der Waals surface area contributed by atoms with Gasteiger partial charge in [0, 0.05) is 38.0 Å². The Balaban J connectivity index is 1.27. The summed E-state index contributed by atoms with van der Waals surface area (Å²) in [5.41, 5.74) is 9.55. The van der Waals surface area contributed by atoms with E-state index in [0.717, 1.165) is 55.6 Å². The molecule has 3 heterocycles. The second-order valence-electron chi connectivity index (χ2n) is 15.4. The van der Waals surface area contributed by atoms with Crippen LogP contribution in [0.5, 0.6) is 23.0 Å². The summed E-state index contributed by atoms with van der Waals surface area (Å²) < 4.78 is 16.2.